The first kappa shape index (κ1) is 13.2. The lowest BCUT2D eigenvalue weighted by molar-refractivity contribution is -0.384. The van der Waals surface area contributed by atoms with Gasteiger partial charge in [0, 0.05) is 19.2 Å². The molecule has 18 heavy (non-hydrogen) atoms. The Balaban J connectivity index is 2.40. The van der Waals surface area contributed by atoms with E-state index in [1.165, 1.54) is 12.1 Å². The number of benzene rings is 1. The third-order valence-electron chi connectivity index (χ3n) is 2.58. The van der Waals surface area contributed by atoms with Gasteiger partial charge in [0.1, 0.15) is 5.02 Å². The maximum atomic E-state index is 12.0. The summed E-state index contributed by atoms with van der Waals surface area (Å²) in [5.41, 5.74) is -0.459. The van der Waals surface area contributed by atoms with Crippen LogP contribution >= 0.6 is 11.6 Å². The molecule has 1 saturated heterocycles. The van der Waals surface area contributed by atoms with E-state index in [0.717, 1.165) is 10.4 Å². The summed E-state index contributed by atoms with van der Waals surface area (Å²) >= 11 is 5.60. The molecule has 1 N–H and O–H groups in total. The first-order chi connectivity index (χ1) is 8.32. The van der Waals surface area contributed by atoms with Gasteiger partial charge in [-0.1, -0.05) is 11.6 Å². The summed E-state index contributed by atoms with van der Waals surface area (Å²) in [6, 6.07) is 3.29. The molecule has 1 aliphatic heterocycles. The number of β-amino-alcohol motifs (C(OH)–C–C–N with tert-alkyl or cyclic N) is 1. The number of aliphatic hydroxyl groups is 1. The Hall–Kier alpha value is -1.22. The number of nitrogens with zero attached hydrogens (tertiary/aromatic N) is 2. The largest absolute Gasteiger partial charge is 0.390 e. The van der Waals surface area contributed by atoms with E-state index in [4.69, 9.17) is 16.7 Å². The summed E-state index contributed by atoms with van der Waals surface area (Å²) in [4.78, 5) is 9.73. The molecule has 1 aromatic rings. The van der Waals surface area contributed by atoms with Crippen LogP contribution in [0.25, 0.3) is 0 Å². The second-order valence-electron chi connectivity index (χ2n) is 3.85. The molecule has 2 rings (SSSR count). The summed E-state index contributed by atoms with van der Waals surface area (Å²) in [6.45, 7) is -0.00247. The number of aliphatic hydroxyl groups excluding tert-OH is 1. The molecule has 1 fully saturated rings. The van der Waals surface area contributed by atoms with Crippen LogP contribution < -0.4 is 0 Å². The lowest BCUT2D eigenvalue weighted by Gasteiger charge is -2.34. The minimum Gasteiger partial charge on any atom is -0.390 e. The minimum absolute atomic E-state index is 0.00123. The molecule has 7 nitrogen and oxygen atoms in total. The van der Waals surface area contributed by atoms with Gasteiger partial charge in [0.15, 0.2) is 0 Å². The summed E-state index contributed by atoms with van der Waals surface area (Å²) in [5, 5.41) is 19.6. The highest BCUT2D eigenvalue weighted by atomic mass is 35.5. The molecule has 0 radical (unpaired) electrons. The molecule has 0 spiro atoms. The van der Waals surface area contributed by atoms with Gasteiger partial charge in [0.2, 0.25) is 10.0 Å². The third-order valence-corrected chi connectivity index (χ3v) is 4.73. The van der Waals surface area contributed by atoms with Crippen molar-refractivity contribution in [2.45, 2.75) is 11.0 Å². The van der Waals surface area contributed by atoms with Crippen molar-refractivity contribution in [3.63, 3.8) is 0 Å². The molecule has 9 heteroatoms. The van der Waals surface area contributed by atoms with Gasteiger partial charge >= 0.3 is 0 Å². The highest BCUT2D eigenvalue weighted by Gasteiger charge is 2.36. The number of nitro groups is 1. The van der Waals surface area contributed by atoms with Gasteiger partial charge in [0.25, 0.3) is 5.69 Å². The Morgan fingerprint density at radius 3 is 2.56 bits per heavy atom. The number of hydrogen-bond donors (Lipinski definition) is 1. The summed E-state index contributed by atoms with van der Waals surface area (Å²) in [7, 11) is -3.80. The van der Waals surface area contributed by atoms with Crippen LogP contribution in [0.4, 0.5) is 5.69 Å². The van der Waals surface area contributed by atoms with Crippen molar-refractivity contribution in [1.82, 2.24) is 4.31 Å². The highest BCUT2D eigenvalue weighted by molar-refractivity contribution is 7.89. The number of hydrogen-bond acceptors (Lipinski definition) is 5. The number of nitro benzene ring substituents is 1. The molecular formula is C9H9ClN2O5S. The van der Waals surface area contributed by atoms with Crippen LogP contribution in [0.15, 0.2) is 23.1 Å². The molecule has 0 aliphatic carbocycles. The maximum absolute atomic E-state index is 12.0. The SMILES string of the molecule is O=[N+]([O-])c1cc(S(=O)(=O)N2CC(O)C2)ccc1Cl. The molecule has 98 valence electrons. The molecule has 0 amide bonds. The smallest absolute Gasteiger partial charge is 0.289 e. The van der Waals surface area contributed by atoms with Crippen molar-refractivity contribution < 1.29 is 18.4 Å². The Labute approximate surface area is 108 Å². The van der Waals surface area contributed by atoms with Crippen LogP contribution in [0.1, 0.15) is 0 Å². The van der Waals surface area contributed by atoms with Gasteiger partial charge in [-0.15, -0.1) is 0 Å². The molecular weight excluding hydrogens is 284 g/mol. The van der Waals surface area contributed by atoms with Gasteiger partial charge in [0.05, 0.1) is 15.9 Å². The fraction of sp³-hybridized carbons (Fsp3) is 0.333. The average molecular weight is 293 g/mol. The van der Waals surface area contributed by atoms with E-state index >= 15 is 0 Å². The van der Waals surface area contributed by atoms with Crippen LogP contribution in [0.2, 0.25) is 5.02 Å². The lowest BCUT2D eigenvalue weighted by atomic mass is 10.2. The Bertz CT molecular complexity index is 597. The highest BCUT2D eigenvalue weighted by Crippen LogP contribution is 2.29. The fourth-order valence-electron chi connectivity index (χ4n) is 1.55. The molecule has 0 saturated carbocycles. The summed E-state index contributed by atoms with van der Waals surface area (Å²) in [5.74, 6) is 0. The van der Waals surface area contributed by atoms with Crippen molar-refractivity contribution in [2.75, 3.05) is 13.1 Å². The van der Waals surface area contributed by atoms with E-state index in [2.05, 4.69) is 0 Å². The summed E-state index contributed by atoms with van der Waals surface area (Å²) in [6.07, 6.45) is -0.679. The van der Waals surface area contributed by atoms with E-state index < -0.39 is 26.7 Å². The first-order valence-electron chi connectivity index (χ1n) is 4.94. The predicted octanol–water partition coefficient (Wildman–Crippen LogP) is 0.613. The monoisotopic (exact) mass is 292 g/mol. The van der Waals surface area contributed by atoms with Gasteiger partial charge < -0.3 is 5.11 Å². The predicted molar refractivity (Wildman–Crippen MR) is 62.9 cm³/mol. The van der Waals surface area contributed by atoms with Gasteiger partial charge in [-0.25, -0.2) is 8.42 Å². The molecule has 0 bridgehead atoms. The fourth-order valence-corrected chi connectivity index (χ4v) is 3.28. The van der Waals surface area contributed by atoms with E-state index in [1.54, 1.807) is 0 Å². The second-order valence-corrected chi connectivity index (χ2v) is 6.19. The standard InChI is InChI=1S/C9H9ClN2O5S/c10-8-2-1-7(3-9(8)12(14)15)18(16,17)11-4-6(13)5-11/h1-3,6,13H,4-5H2. The van der Waals surface area contributed by atoms with Crippen molar-refractivity contribution in [3.05, 3.63) is 33.3 Å². The van der Waals surface area contributed by atoms with Crippen LogP contribution in [-0.4, -0.2) is 41.9 Å². The van der Waals surface area contributed by atoms with Crippen LogP contribution in [-0.2, 0) is 10.0 Å². The Kier molecular flexibility index (Phi) is 3.28. The lowest BCUT2D eigenvalue weighted by Crippen LogP contribution is -2.53. The van der Waals surface area contributed by atoms with Crippen LogP contribution in [0, 0.1) is 10.1 Å². The molecule has 0 unspecified atom stereocenters. The zero-order valence-electron chi connectivity index (χ0n) is 8.98. The quantitative estimate of drug-likeness (QED) is 0.650. The van der Waals surface area contributed by atoms with Gasteiger partial charge in [-0.3, -0.25) is 10.1 Å². The zero-order chi connectivity index (χ0) is 13.5. The van der Waals surface area contributed by atoms with Crippen molar-refractivity contribution in [1.29, 1.82) is 0 Å². The molecule has 1 heterocycles. The van der Waals surface area contributed by atoms with E-state index in [0.29, 0.717) is 0 Å². The van der Waals surface area contributed by atoms with Gasteiger partial charge in [-0.05, 0) is 12.1 Å². The van der Waals surface area contributed by atoms with E-state index in [-0.39, 0.29) is 23.0 Å². The Morgan fingerprint density at radius 1 is 1.44 bits per heavy atom. The minimum atomic E-state index is -3.80. The maximum Gasteiger partial charge on any atom is 0.289 e. The topological polar surface area (TPSA) is 101 Å². The molecule has 0 aromatic heterocycles. The van der Waals surface area contributed by atoms with Gasteiger partial charge in [-0.2, -0.15) is 4.31 Å². The molecule has 0 atom stereocenters. The average Bonchev–Trinajstić information content (AvgIpc) is 2.24. The third kappa shape index (κ3) is 2.19. The summed E-state index contributed by atoms with van der Waals surface area (Å²) < 4.78 is 25.0. The zero-order valence-corrected chi connectivity index (χ0v) is 10.6. The van der Waals surface area contributed by atoms with Crippen molar-refractivity contribution >= 4 is 27.3 Å². The van der Waals surface area contributed by atoms with E-state index in [1.807, 2.05) is 0 Å². The van der Waals surface area contributed by atoms with Crippen LogP contribution in [0.3, 0.4) is 0 Å². The van der Waals surface area contributed by atoms with Crippen molar-refractivity contribution in [3.8, 4) is 0 Å². The van der Waals surface area contributed by atoms with E-state index in [9.17, 15) is 18.5 Å². The number of rotatable bonds is 3. The van der Waals surface area contributed by atoms with Crippen LogP contribution in [0.5, 0.6) is 0 Å². The van der Waals surface area contributed by atoms with Crippen molar-refractivity contribution in [2.24, 2.45) is 0 Å². The number of sulfonamides is 1. The Morgan fingerprint density at radius 2 is 2.06 bits per heavy atom. The second kappa shape index (κ2) is 4.47. The number of halogens is 1. The molecule has 1 aliphatic rings. The molecule has 1 aromatic carbocycles. The first-order valence-corrected chi connectivity index (χ1v) is 6.76. The normalized spacial score (nSPS) is 17.4.